The van der Waals surface area contributed by atoms with E-state index in [-0.39, 0.29) is 0 Å². The van der Waals surface area contributed by atoms with E-state index in [4.69, 9.17) is 12.6 Å². The quantitative estimate of drug-likeness (QED) is 0.133. The van der Waals surface area contributed by atoms with Gasteiger partial charge in [-0.2, -0.15) is 0 Å². The van der Waals surface area contributed by atoms with Gasteiger partial charge in [-0.3, -0.25) is 0 Å². The van der Waals surface area contributed by atoms with Crippen LogP contribution in [0.5, 0.6) is 0 Å². The summed E-state index contributed by atoms with van der Waals surface area (Å²) < 4.78 is 0. The van der Waals surface area contributed by atoms with Crippen LogP contribution < -0.4 is 0 Å². The molecule has 13 aromatic carbocycles. The zero-order chi connectivity index (χ0) is 41.6. The van der Waals surface area contributed by atoms with Crippen molar-refractivity contribution in [2.45, 2.75) is 4.90 Å². The van der Waals surface area contributed by atoms with E-state index in [1.54, 1.807) is 0 Å². The van der Waals surface area contributed by atoms with E-state index in [1.807, 2.05) is 0 Å². The van der Waals surface area contributed by atoms with Crippen LogP contribution in [0.4, 0.5) is 0 Å². The Bertz CT molecular complexity index is 4020. The fraction of sp³-hybridized carbons (Fsp3) is 0. The van der Waals surface area contributed by atoms with Crippen molar-refractivity contribution in [3.63, 3.8) is 0 Å². The molecule has 292 valence electrons. The molecule has 13 aromatic rings. The second-order valence-electron chi connectivity index (χ2n) is 16.8. The largest absolute Gasteiger partial charge is 0.143 e. The summed E-state index contributed by atoms with van der Waals surface area (Å²) in [7, 11) is 0. The molecule has 1 heteroatoms. The number of benzene rings is 13. The van der Waals surface area contributed by atoms with Crippen molar-refractivity contribution in [2.75, 3.05) is 0 Å². The molecule has 0 aliphatic rings. The molecule has 0 nitrogen and oxygen atoms in total. The van der Waals surface area contributed by atoms with E-state index in [0.29, 0.717) is 0 Å². The summed E-state index contributed by atoms with van der Waals surface area (Å²) >= 11 is 5.05. The predicted molar refractivity (Wildman–Crippen MR) is 275 cm³/mol. The fourth-order valence-electron chi connectivity index (χ4n) is 10.8. The number of hydrogen-bond donors (Lipinski definition) is 1. The molecule has 0 spiro atoms. The van der Waals surface area contributed by atoms with Gasteiger partial charge in [-0.15, -0.1) is 12.6 Å². The maximum atomic E-state index is 5.05. The molecule has 63 heavy (non-hydrogen) atoms. The monoisotopic (exact) mass is 814 g/mol. The average Bonchev–Trinajstić information content (AvgIpc) is 3.34. The Morgan fingerprint density at radius 3 is 0.794 bits per heavy atom. The van der Waals surface area contributed by atoms with Crippen LogP contribution in [-0.4, -0.2) is 0 Å². The molecule has 0 radical (unpaired) electrons. The van der Waals surface area contributed by atoms with E-state index in [0.717, 1.165) is 4.90 Å². The average molecular weight is 815 g/mol. The van der Waals surface area contributed by atoms with Crippen molar-refractivity contribution in [2.24, 2.45) is 0 Å². The summed E-state index contributed by atoms with van der Waals surface area (Å²) in [6.45, 7) is 0. The summed E-state index contributed by atoms with van der Waals surface area (Å²) in [4.78, 5) is 0.939. The summed E-state index contributed by atoms with van der Waals surface area (Å²) in [5.41, 5.74) is 9.87. The first-order chi connectivity index (χ1) is 31.2. The van der Waals surface area contributed by atoms with Gasteiger partial charge in [0.05, 0.1) is 0 Å². The van der Waals surface area contributed by atoms with Crippen LogP contribution in [0.1, 0.15) is 0 Å². The Balaban J connectivity index is 1.34. The maximum Gasteiger partial charge on any atom is 0.00465 e. The molecule has 0 heterocycles. The first-order valence-electron chi connectivity index (χ1n) is 21.7. The number of hydrogen-bond acceptors (Lipinski definition) is 1. The highest BCUT2D eigenvalue weighted by molar-refractivity contribution is 7.80. The van der Waals surface area contributed by atoms with Crippen LogP contribution in [0.25, 0.3) is 131 Å². The molecule has 13 rings (SSSR count). The van der Waals surface area contributed by atoms with Gasteiger partial charge in [0.15, 0.2) is 0 Å². The smallest absolute Gasteiger partial charge is 0.00465 e. The molecule has 0 aliphatic heterocycles. The lowest BCUT2D eigenvalue weighted by Gasteiger charge is -2.24. The Morgan fingerprint density at radius 2 is 0.444 bits per heavy atom. The standard InChI is InChI=1S/C62H38S/c63-42-33-34-53-54(35-42)62(50-32-14-22-41-18-4-8-26-46(41)50)58-37-56-55(36-57(58)61(53)49-31-13-21-40-17-3-7-25-45(40)49)59(47-29-11-19-38-15-1-5-23-43(38)47)51-27-9-10-28-52(51)60(56)48-30-12-20-39-16-2-6-24-44(39)48/h1-37,63H. The Labute approximate surface area is 370 Å². The highest BCUT2D eigenvalue weighted by Gasteiger charge is 2.25. The Morgan fingerprint density at radius 1 is 0.190 bits per heavy atom. The molecule has 0 fully saturated rings. The second-order valence-corrected chi connectivity index (χ2v) is 17.3. The van der Waals surface area contributed by atoms with Gasteiger partial charge in [-0.1, -0.05) is 200 Å². The molecule has 0 aromatic heterocycles. The lowest BCUT2D eigenvalue weighted by molar-refractivity contribution is 1.53. The van der Waals surface area contributed by atoms with Crippen molar-refractivity contribution >= 4 is 98.8 Å². The topological polar surface area (TPSA) is 0 Å². The maximum absolute atomic E-state index is 5.05. The van der Waals surface area contributed by atoms with E-state index >= 15 is 0 Å². The van der Waals surface area contributed by atoms with Gasteiger partial charge < -0.3 is 0 Å². The Hall–Kier alpha value is -7.71. The molecule has 0 aliphatic carbocycles. The van der Waals surface area contributed by atoms with Crippen molar-refractivity contribution in [3.8, 4) is 44.5 Å². The van der Waals surface area contributed by atoms with Gasteiger partial charge in [0.25, 0.3) is 0 Å². The van der Waals surface area contributed by atoms with Crippen molar-refractivity contribution in [1.82, 2.24) is 0 Å². The Kier molecular flexibility index (Phi) is 8.10. The lowest BCUT2D eigenvalue weighted by atomic mass is 9.79. The predicted octanol–water partition coefficient (Wildman–Crippen LogP) is 17.9. The molecule has 0 atom stereocenters. The molecule has 0 bridgehead atoms. The molecular weight excluding hydrogens is 777 g/mol. The minimum absolute atomic E-state index is 0.939. The van der Waals surface area contributed by atoms with Crippen molar-refractivity contribution in [1.29, 1.82) is 0 Å². The van der Waals surface area contributed by atoms with Crippen LogP contribution in [0.2, 0.25) is 0 Å². The third-order valence-electron chi connectivity index (χ3n) is 13.5. The van der Waals surface area contributed by atoms with Crippen LogP contribution in [0.3, 0.4) is 0 Å². The molecule has 0 N–H and O–H groups in total. The first-order valence-corrected chi connectivity index (χ1v) is 22.2. The zero-order valence-corrected chi connectivity index (χ0v) is 35.2. The van der Waals surface area contributed by atoms with Gasteiger partial charge in [-0.05, 0) is 155 Å². The highest BCUT2D eigenvalue weighted by atomic mass is 32.1. The normalized spacial score (nSPS) is 11.9. The first kappa shape index (κ1) is 36.0. The summed E-state index contributed by atoms with van der Waals surface area (Å²) in [5, 5.41) is 19.6. The van der Waals surface area contributed by atoms with E-state index in [1.165, 1.54) is 131 Å². The van der Waals surface area contributed by atoms with Crippen molar-refractivity contribution < 1.29 is 0 Å². The van der Waals surface area contributed by atoms with Crippen molar-refractivity contribution in [3.05, 3.63) is 224 Å². The third-order valence-corrected chi connectivity index (χ3v) is 13.8. The number of fused-ring (bicyclic) bond motifs is 8. The zero-order valence-electron chi connectivity index (χ0n) is 34.3. The van der Waals surface area contributed by atoms with E-state index in [9.17, 15) is 0 Å². The third kappa shape index (κ3) is 5.50. The molecular formula is C62H38S. The minimum atomic E-state index is 0.939. The van der Waals surface area contributed by atoms with Gasteiger partial charge in [0, 0.05) is 4.90 Å². The summed E-state index contributed by atoms with van der Waals surface area (Å²) in [6, 6.07) is 83.4. The van der Waals surface area contributed by atoms with Crippen LogP contribution >= 0.6 is 12.6 Å². The minimum Gasteiger partial charge on any atom is -0.143 e. The molecule has 0 unspecified atom stereocenters. The second kappa shape index (κ2) is 14.2. The van der Waals surface area contributed by atoms with Gasteiger partial charge >= 0.3 is 0 Å². The molecule has 0 saturated heterocycles. The fourth-order valence-corrected chi connectivity index (χ4v) is 11.0. The van der Waals surface area contributed by atoms with Crippen LogP contribution in [0.15, 0.2) is 229 Å². The molecule has 0 saturated carbocycles. The summed E-state index contributed by atoms with van der Waals surface area (Å²) in [5.74, 6) is 0. The van der Waals surface area contributed by atoms with Crippen LogP contribution in [-0.2, 0) is 0 Å². The SMILES string of the molecule is Sc1ccc2c(-c3cccc4ccccc34)c3cc4c(-c5cccc6ccccc56)c5ccccc5c(-c5cccc6ccccc56)c4cc3c(-c3cccc4ccccc34)c2c1. The van der Waals surface area contributed by atoms with Crippen LogP contribution in [0, 0.1) is 0 Å². The van der Waals surface area contributed by atoms with E-state index in [2.05, 4.69) is 224 Å². The number of thiol groups is 1. The molecule has 0 amide bonds. The summed E-state index contributed by atoms with van der Waals surface area (Å²) in [6.07, 6.45) is 0. The van der Waals surface area contributed by atoms with Gasteiger partial charge in [0.1, 0.15) is 0 Å². The number of rotatable bonds is 4. The lowest BCUT2D eigenvalue weighted by Crippen LogP contribution is -1.96. The van der Waals surface area contributed by atoms with E-state index < -0.39 is 0 Å². The highest BCUT2D eigenvalue weighted by Crippen LogP contribution is 2.52. The van der Waals surface area contributed by atoms with Gasteiger partial charge in [-0.25, -0.2) is 0 Å². The van der Waals surface area contributed by atoms with Gasteiger partial charge in [0.2, 0.25) is 0 Å².